The van der Waals surface area contributed by atoms with Gasteiger partial charge in [-0.15, -0.1) is 10.2 Å². The van der Waals surface area contributed by atoms with Crippen molar-refractivity contribution in [1.82, 2.24) is 15.1 Å². The van der Waals surface area contributed by atoms with Gasteiger partial charge in [0.1, 0.15) is 5.01 Å². The highest BCUT2D eigenvalue weighted by molar-refractivity contribution is 7.15. The number of hydrogen-bond donors (Lipinski definition) is 1. The van der Waals surface area contributed by atoms with Crippen LogP contribution in [-0.4, -0.2) is 47.4 Å². The molecule has 0 saturated carbocycles. The number of aromatic nitrogens is 2. The molecule has 0 bridgehead atoms. The first-order chi connectivity index (χ1) is 9.24. The van der Waals surface area contributed by atoms with Crippen molar-refractivity contribution in [3.05, 3.63) is 5.01 Å². The molecule has 0 aromatic carbocycles. The van der Waals surface area contributed by atoms with Gasteiger partial charge in [0, 0.05) is 19.0 Å². The Hall–Kier alpha value is -1.21. The Labute approximate surface area is 117 Å². The summed E-state index contributed by atoms with van der Waals surface area (Å²) in [6, 6.07) is -0.115. The van der Waals surface area contributed by atoms with Crippen molar-refractivity contribution in [2.24, 2.45) is 0 Å². The van der Waals surface area contributed by atoms with E-state index in [4.69, 9.17) is 4.74 Å². The molecule has 0 radical (unpaired) electrons. The second-order valence-corrected chi connectivity index (χ2v) is 5.50. The van der Waals surface area contributed by atoms with E-state index in [9.17, 15) is 4.79 Å². The van der Waals surface area contributed by atoms with Crippen LogP contribution in [0.15, 0.2) is 0 Å². The SMILES string of the molecule is CCC(CC)c1nnc(NC(=O)N2CCOCC2)s1. The lowest BCUT2D eigenvalue weighted by molar-refractivity contribution is 0.0564. The summed E-state index contributed by atoms with van der Waals surface area (Å²) in [6.45, 7) is 6.74. The number of anilines is 1. The van der Waals surface area contributed by atoms with E-state index in [-0.39, 0.29) is 6.03 Å². The van der Waals surface area contributed by atoms with Crippen LogP contribution in [0.4, 0.5) is 9.93 Å². The molecule has 19 heavy (non-hydrogen) atoms. The van der Waals surface area contributed by atoms with E-state index < -0.39 is 0 Å². The second-order valence-electron chi connectivity index (χ2n) is 4.49. The number of amides is 2. The topological polar surface area (TPSA) is 67.4 Å². The van der Waals surface area contributed by atoms with Gasteiger partial charge >= 0.3 is 6.03 Å². The van der Waals surface area contributed by atoms with Crippen molar-refractivity contribution >= 4 is 22.5 Å². The second kappa shape index (κ2) is 6.81. The van der Waals surface area contributed by atoms with E-state index >= 15 is 0 Å². The maximum absolute atomic E-state index is 12.0. The van der Waals surface area contributed by atoms with E-state index in [1.54, 1.807) is 4.90 Å². The molecule has 6 nitrogen and oxygen atoms in total. The average Bonchev–Trinajstić information content (AvgIpc) is 2.89. The number of ether oxygens (including phenoxy) is 1. The quantitative estimate of drug-likeness (QED) is 0.921. The molecule has 0 unspecified atom stereocenters. The Kier molecular flexibility index (Phi) is 5.09. The summed E-state index contributed by atoms with van der Waals surface area (Å²) in [5.41, 5.74) is 0. The predicted octanol–water partition coefficient (Wildman–Crippen LogP) is 2.31. The van der Waals surface area contributed by atoms with Gasteiger partial charge in [-0.2, -0.15) is 0 Å². The molecule has 2 heterocycles. The maximum atomic E-state index is 12.0. The molecular formula is C12H20N4O2S. The van der Waals surface area contributed by atoms with Gasteiger partial charge in [-0.05, 0) is 12.8 Å². The lowest BCUT2D eigenvalue weighted by atomic mass is 10.1. The van der Waals surface area contributed by atoms with Gasteiger partial charge in [0.15, 0.2) is 0 Å². The number of nitrogens with one attached hydrogen (secondary N) is 1. The fraction of sp³-hybridized carbons (Fsp3) is 0.750. The minimum Gasteiger partial charge on any atom is -0.378 e. The molecule has 2 rings (SSSR count). The highest BCUT2D eigenvalue weighted by Crippen LogP contribution is 2.28. The van der Waals surface area contributed by atoms with Gasteiger partial charge in [-0.3, -0.25) is 5.32 Å². The molecule has 1 saturated heterocycles. The standard InChI is InChI=1S/C12H20N4O2S/c1-3-9(4-2)10-14-15-11(19-10)13-12(17)16-5-7-18-8-6-16/h9H,3-8H2,1-2H3,(H,13,15,17). The van der Waals surface area contributed by atoms with Crippen LogP contribution in [-0.2, 0) is 4.74 Å². The Morgan fingerprint density at radius 1 is 1.37 bits per heavy atom. The van der Waals surface area contributed by atoms with E-state index in [2.05, 4.69) is 29.4 Å². The number of nitrogens with zero attached hydrogens (tertiary/aromatic N) is 3. The molecule has 7 heteroatoms. The van der Waals surface area contributed by atoms with Crippen LogP contribution in [0, 0.1) is 0 Å². The third kappa shape index (κ3) is 3.63. The Morgan fingerprint density at radius 3 is 2.68 bits per heavy atom. The fourth-order valence-electron chi connectivity index (χ4n) is 2.02. The molecule has 1 aromatic rings. The monoisotopic (exact) mass is 284 g/mol. The maximum Gasteiger partial charge on any atom is 0.323 e. The summed E-state index contributed by atoms with van der Waals surface area (Å²) in [7, 11) is 0. The third-order valence-electron chi connectivity index (χ3n) is 3.29. The molecule has 106 valence electrons. The minimum absolute atomic E-state index is 0.115. The van der Waals surface area contributed by atoms with Crippen LogP contribution in [0.5, 0.6) is 0 Å². The number of hydrogen-bond acceptors (Lipinski definition) is 5. The molecule has 0 atom stereocenters. The van der Waals surface area contributed by atoms with E-state index in [1.165, 1.54) is 11.3 Å². The van der Waals surface area contributed by atoms with Crippen molar-refractivity contribution in [3.8, 4) is 0 Å². The van der Waals surface area contributed by atoms with Gasteiger partial charge in [-0.25, -0.2) is 4.79 Å². The number of carbonyl (C=O) groups excluding carboxylic acids is 1. The van der Waals surface area contributed by atoms with Gasteiger partial charge in [0.25, 0.3) is 0 Å². The Balaban J connectivity index is 1.93. The molecule has 1 N–H and O–H groups in total. The van der Waals surface area contributed by atoms with Crippen molar-refractivity contribution in [2.75, 3.05) is 31.6 Å². The fourth-order valence-corrected chi connectivity index (χ4v) is 3.02. The highest BCUT2D eigenvalue weighted by Gasteiger charge is 2.19. The summed E-state index contributed by atoms with van der Waals surface area (Å²) in [5.74, 6) is 0.437. The van der Waals surface area contributed by atoms with Gasteiger partial charge in [0.05, 0.1) is 13.2 Å². The van der Waals surface area contributed by atoms with Crippen LogP contribution in [0.2, 0.25) is 0 Å². The van der Waals surface area contributed by atoms with Crippen LogP contribution in [0.1, 0.15) is 37.6 Å². The third-order valence-corrected chi connectivity index (χ3v) is 4.29. The van der Waals surface area contributed by atoms with Crippen molar-refractivity contribution in [3.63, 3.8) is 0 Å². The van der Waals surface area contributed by atoms with Crippen molar-refractivity contribution in [1.29, 1.82) is 0 Å². The number of urea groups is 1. The smallest absolute Gasteiger partial charge is 0.323 e. The molecule has 1 aromatic heterocycles. The number of rotatable bonds is 4. The van der Waals surface area contributed by atoms with Crippen LogP contribution < -0.4 is 5.32 Å². The van der Waals surface area contributed by atoms with Gasteiger partial charge in [0.2, 0.25) is 5.13 Å². The van der Waals surface area contributed by atoms with Crippen LogP contribution >= 0.6 is 11.3 Å². The number of carbonyl (C=O) groups is 1. The van der Waals surface area contributed by atoms with E-state index in [1.807, 2.05) is 0 Å². The summed E-state index contributed by atoms with van der Waals surface area (Å²) in [4.78, 5) is 13.7. The van der Waals surface area contributed by atoms with Crippen LogP contribution in [0.3, 0.4) is 0 Å². The zero-order chi connectivity index (χ0) is 13.7. The largest absolute Gasteiger partial charge is 0.378 e. The first-order valence-corrected chi connectivity index (χ1v) is 7.53. The lowest BCUT2D eigenvalue weighted by Gasteiger charge is -2.26. The van der Waals surface area contributed by atoms with Crippen molar-refractivity contribution in [2.45, 2.75) is 32.6 Å². The van der Waals surface area contributed by atoms with Gasteiger partial charge < -0.3 is 9.64 Å². The molecule has 0 spiro atoms. The first-order valence-electron chi connectivity index (χ1n) is 6.71. The first kappa shape index (κ1) is 14.2. The summed E-state index contributed by atoms with van der Waals surface area (Å²) in [6.07, 6.45) is 2.09. The molecular weight excluding hydrogens is 264 g/mol. The summed E-state index contributed by atoms with van der Waals surface area (Å²) < 4.78 is 5.22. The zero-order valence-corrected chi connectivity index (χ0v) is 12.2. The van der Waals surface area contributed by atoms with Crippen LogP contribution in [0.25, 0.3) is 0 Å². The normalized spacial score (nSPS) is 15.8. The van der Waals surface area contributed by atoms with E-state index in [0.717, 1.165) is 17.8 Å². The molecule has 0 aliphatic carbocycles. The molecule has 1 fully saturated rings. The molecule has 2 amide bonds. The minimum atomic E-state index is -0.115. The molecule has 1 aliphatic rings. The summed E-state index contributed by atoms with van der Waals surface area (Å²) in [5, 5.41) is 12.6. The highest BCUT2D eigenvalue weighted by atomic mass is 32.1. The molecule has 1 aliphatic heterocycles. The van der Waals surface area contributed by atoms with E-state index in [0.29, 0.717) is 37.4 Å². The predicted molar refractivity (Wildman–Crippen MR) is 74.6 cm³/mol. The van der Waals surface area contributed by atoms with Crippen molar-refractivity contribution < 1.29 is 9.53 Å². The number of morpholine rings is 1. The lowest BCUT2D eigenvalue weighted by Crippen LogP contribution is -2.43. The Bertz CT molecular complexity index is 414. The zero-order valence-electron chi connectivity index (χ0n) is 11.4. The average molecular weight is 284 g/mol. The Morgan fingerprint density at radius 2 is 2.05 bits per heavy atom. The van der Waals surface area contributed by atoms with Gasteiger partial charge in [-0.1, -0.05) is 25.2 Å². The summed E-state index contributed by atoms with van der Waals surface area (Å²) >= 11 is 1.47.